The summed E-state index contributed by atoms with van der Waals surface area (Å²) in [6.07, 6.45) is 7.79. The van der Waals surface area contributed by atoms with Crippen molar-refractivity contribution in [1.29, 1.82) is 0 Å². The summed E-state index contributed by atoms with van der Waals surface area (Å²) in [5.74, 6) is 0.793. The van der Waals surface area contributed by atoms with Gasteiger partial charge in [-0.2, -0.15) is 0 Å². The molecule has 1 heterocycles. The normalized spacial score (nSPS) is 20.7. The largest absolute Gasteiger partial charge is 0.484 e. The molecule has 1 amide bonds. The van der Waals surface area contributed by atoms with Crippen LogP contribution < -0.4 is 10.5 Å². The van der Waals surface area contributed by atoms with Crippen molar-refractivity contribution in [3.63, 3.8) is 0 Å². The van der Waals surface area contributed by atoms with Crippen molar-refractivity contribution in [2.75, 3.05) is 25.4 Å². The van der Waals surface area contributed by atoms with Crippen LogP contribution in [0.1, 0.15) is 38.5 Å². The monoisotopic (exact) mass is 288 g/mol. The van der Waals surface area contributed by atoms with E-state index in [-0.39, 0.29) is 12.5 Å². The predicted octanol–water partition coefficient (Wildman–Crippen LogP) is 2.83. The Bertz CT molecular complexity index is 482. The van der Waals surface area contributed by atoms with Crippen LogP contribution in [0.25, 0.3) is 0 Å². The summed E-state index contributed by atoms with van der Waals surface area (Å²) >= 11 is 0. The Kier molecular flexibility index (Phi) is 4.04. The van der Waals surface area contributed by atoms with E-state index in [1.165, 1.54) is 38.5 Å². The number of hydrogen-bond acceptors (Lipinski definition) is 3. The summed E-state index contributed by atoms with van der Waals surface area (Å²) in [6.45, 7) is 1.91. The Morgan fingerprint density at radius 1 is 1.10 bits per heavy atom. The van der Waals surface area contributed by atoms with Crippen molar-refractivity contribution in [2.24, 2.45) is 5.41 Å². The maximum atomic E-state index is 12.2. The molecule has 0 bridgehead atoms. The number of nitrogens with two attached hydrogens (primary N) is 1. The van der Waals surface area contributed by atoms with Crippen LogP contribution in [0.4, 0.5) is 5.69 Å². The zero-order valence-electron chi connectivity index (χ0n) is 12.5. The lowest BCUT2D eigenvalue weighted by Crippen LogP contribution is -2.44. The third-order valence-electron chi connectivity index (χ3n) is 5.08. The lowest BCUT2D eigenvalue weighted by molar-refractivity contribution is -0.135. The summed E-state index contributed by atoms with van der Waals surface area (Å²) < 4.78 is 5.55. The molecule has 0 aromatic heterocycles. The number of rotatable bonds is 3. The summed E-state index contributed by atoms with van der Waals surface area (Å²) in [5.41, 5.74) is 6.88. The fourth-order valence-electron chi connectivity index (χ4n) is 3.66. The molecule has 3 rings (SSSR count). The molecule has 1 aliphatic heterocycles. The van der Waals surface area contributed by atoms with Crippen LogP contribution in [-0.2, 0) is 4.79 Å². The average Bonchev–Trinajstić information content (AvgIpc) is 2.95. The molecule has 1 aliphatic carbocycles. The maximum Gasteiger partial charge on any atom is 0.260 e. The summed E-state index contributed by atoms with van der Waals surface area (Å²) in [4.78, 5) is 14.2. The Balaban J connectivity index is 1.47. The topological polar surface area (TPSA) is 55.6 Å². The lowest BCUT2D eigenvalue weighted by Gasteiger charge is -2.39. The van der Waals surface area contributed by atoms with E-state index in [9.17, 15) is 4.79 Å². The van der Waals surface area contributed by atoms with Gasteiger partial charge in [0, 0.05) is 18.8 Å². The van der Waals surface area contributed by atoms with Crippen LogP contribution in [0, 0.1) is 5.41 Å². The van der Waals surface area contributed by atoms with Gasteiger partial charge in [-0.05, 0) is 55.4 Å². The fraction of sp³-hybridized carbons (Fsp3) is 0.588. The van der Waals surface area contributed by atoms with Crippen molar-refractivity contribution in [1.82, 2.24) is 4.90 Å². The fourth-order valence-corrected chi connectivity index (χ4v) is 3.66. The van der Waals surface area contributed by atoms with E-state index in [0.29, 0.717) is 16.9 Å². The standard InChI is InChI=1S/C17H24N2O2/c18-14-3-5-15(6-4-14)21-13-16(20)19-11-9-17(10-12-19)7-1-2-8-17/h3-6H,1-2,7-13,18H2. The molecule has 0 atom stereocenters. The highest BCUT2D eigenvalue weighted by molar-refractivity contribution is 5.77. The van der Waals surface area contributed by atoms with Gasteiger partial charge in [-0.3, -0.25) is 4.79 Å². The zero-order chi connectivity index (χ0) is 14.7. The average molecular weight is 288 g/mol. The maximum absolute atomic E-state index is 12.2. The molecule has 4 heteroatoms. The zero-order valence-corrected chi connectivity index (χ0v) is 12.5. The summed E-state index contributed by atoms with van der Waals surface area (Å²) in [5, 5.41) is 0. The molecule has 1 aromatic rings. The van der Waals surface area contributed by atoms with Gasteiger partial charge >= 0.3 is 0 Å². The molecule has 1 aromatic carbocycles. The second-order valence-electron chi connectivity index (χ2n) is 6.45. The molecule has 21 heavy (non-hydrogen) atoms. The predicted molar refractivity (Wildman–Crippen MR) is 83.1 cm³/mol. The van der Waals surface area contributed by atoms with E-state index in [4.69, 9.17) is 10.5 Å². The Labute approximate surface area is 126 Å². The first-order valence-corrected chi connectivity index (χ1v) is 7.93. The van der Waals surface area contributed by atoms with Crippen molar-refractivity contribution in [3.05, 3.63) is 24.3 Å². The number of anilines is 1. The Morgan fingerprint density at radius 2 is 1.71 bits per heavy atom. The third kappa shape index (κ3) is 3.31. The lowest BCUT2D eigenvalue weighted by atomic mass is 9.77. The van der Waals surface area contributed by atoms with Crippen LogP contribution in [0.2, 0.25) is 0 Å². The molecule has 2 N–H and O–H groups in total. The molecule has 2 aliphatic rings. The van der Waals surface area contributed by atoms with Crippen LogP contribution in [0.5, 0.6) is 5.75 Å². The van der Waals surface area contributed by atoms with Gasteiger partial charge in [-0.1, -0.05) is 12.8 Å². The van der Waals surface area contributed by atoms with Gasteiger partial charge < -0.3 is 15.4 Å². The van der Waals surface area contributed by atoms with E-state index in [0.717, 1.165) is 13.1 Å². The van der Waals surface area contributed by atoms with Crippen molar-refractivity contribution < 1.29 is 9.53 Å². The summed E-state index contributed by atoms with van der Waals surface area (Å²) in [6, 6.07) is 7.16. The minimum atomic E-state index is 0.0969. The molecular formula is C17H24N2O2. The molecule has 0 unspecified atom stereocenters. The first kappa shape index (κ1) is 14.2. The van der Waals surface area contributed by atoms with Crippen LogP contribution >= 0.6 is 0 Å². The minimum Gasteiger partial charge on any atom is -0.484 e. The molecule has 2 fully saturated rings. The second kappa shape index (κ2) is 5.96. The number of hydrogen-bond donors (Lipinski definition) is 1. The van der Waals surface area contributed by atoms with Crippen molar-refractivity contribution in [2.45, 2.75) is 38.5 Å². The molecule has 1 spiro atoms. The van der Waals surface area contributed by atoms with Gasteiger partial charge in [0.15, 0.2) is 6.61 Å². The quantitative estimate of drug-likeness (QED) is 0.870. The minimum absolute atomic E-state index is 0.0969. The third-order valence-corrected chi connectivity index (χ3v) is 5.08. The van der Waals surface area contributed by atoms with Crippen molar-refractivity contribution in [3.8, 4) is 5.75 Å². The number of piperidine rings is 1. The molecule has 1 saturated carbocycles. The number of carbonyl (C=O) groups is 1. The number of nitrogen functional groups attached to an aromatic ring is 1. The second-order valence-corrected chi connectivity index (χ2v) is 6.45. The van der Waals surface area contributed by atoms with E-state index in [1.807, 2.05) is 4.90 Å². The molecule has 1 saturated heterocycles. The van der Waals surface area contributed by atoms with Gasteiger partial charge in [0.05, 0.1) is 0 Å². The number of benzene rings is 1. The number of amides is 1. The Hall–Kier alpha value is -1.71. The van der Waals surface area contributed by atoms with Crippen LogP contribution in [0.3, 0.4) is 0 Å². The van der Waals surface area contributed by atoms with Crippen molar-refractivity contribution >= 4 is 11.6 Å². The Morgan fingerprint density at radius 3 is 2.33 bits per heavy atom. The van der Waals surface area contributed by atoms with Gasteiger partial charge in [0.1, 0.15) is 5.75 Å². The highest BCUT2D eigenvalue weighted by Gasteiger charge is 2.37. The molecular weight excluding hydrogens is 264 g/mol. The smallest absolute Gasteiger partial charge is 0.260 e. The first-order valence-electron chi connectivity index (χ1n) is 7.93. The first-order chi connectivity index (χ1) is 10.2. The summed E-state index contributed by atoms with van der Waals surface area (Å²) in [7, 11) is 0. The molecule has 0 radical (unpaired) electrons. The van der Waals surface area contributed by atoms with Gasteiger partial charge in [-0.25, -0.2) is 0 Å². The van der Waals surface area contributed by atoms with Gasteiger partial charge in [0.25, 0.3) is 5.91 Å². The number of likely N-dealkylation sites (tertiary alicyclic amines) is 1. The van der Waals surface area contributed by atoms with E-state index >= 15 is 0 Å². The van der Waals surface area contributed by atoms with Crippen LogP contribution in [0.15, 0.2) is 24.3 Å². The number of nitrogens with zero attached hydrogens (tertiary/aromatic N) is 1. The van der Waals surface area contributed by atoms with E-state index in [1.54, 1.807) is 24.3 Å². The highest BCUT2D eigenvalue weighted by atomic mass is 16.5. The van der Waals surface area contributed by atoms with E-state index < -0.39 is 0 Å². The number of ether oxygens (including phenoxy) is 1. The molecule has 4 nitrogen and oxygen atoms in total. The van der Waals surface area contributed by atoms with E-state index in [2.05, 4.69) is 0 Å². The van der Waals surface area contributed by atoms with Crippen LogP contribution in [-0.4, -0.2) is 30.5 Å². The van der Waals surface area contributed by atoms with Gasteiger partial charge in [-0.15, -0.1) is 0 Å². The molecule has 114 valence electrons. The highest BCUT2D eigenvalue weighted by Crippen LogP contribution is 2.46. The SMILES string of the molecule is Nc1ccc(OCC(=O)N2CCC3(CCCC3)CC2)cc1. The van der Waals surface area contributed by atoms with Gasteiger partial charge in [0.2, 0.25) is 0 Å². The number of carbonyl (C=O) groups excluding carboxylic acids is 1.